The molecule has 0 aliphatic carbocycles. The molecule has 1 amide bonds. The summed E-state index contributed by atoms with van der Waals surface area (Å²) in [5, 5.41) is 19.8. The number of hydrogen-bond acceptors (Lipinski definition) is 3. The number of carbonyl (C=O) groups is 2. The summed E-state index contributed by atoms with van der Waals surface area (Å²) in [7, 11) is 0. The van der Waals surface area contributed by atoms with Crippen molar-refractivity contribution in [2.24, 2.45) is 0 Å². The minimum Gasteiger partial charge on any atom is -0.479 e. The smallest absolute Gasteiger partial charge is 0.332 e. The van der Waals surface area contributed by atoms with E-state index in [1.807, 2.05) is 0 Å². The van der Waals surface area contributed by atoms with Crippen molar-refractivity contribution in [3.8, 4) is 0 Å². The number of aliphatic hydroxyl groups is 1. The maximum atomic E-state index is 13.0. The number of hydrogen-bond donors (Lipinski definition) is 3. The number of aliphatic carboxylic acids is 1. The first-order valence-electron chi connectivity index (χ1n) is 5.36. The van der Waals surface area contributed by atoms with Gasteiger partial charge in [-0.05, 0) is 30.7 Å². The number of carboxylic acid groups (broad SMARTS) is 1. The predicted octanol–water partition coefficient (Wildman–Crippen LogP) is 0.700. The molecule has 3 N–H and O–H groups in total. The van der Waals surface area contributed by atoms with E-state index in [0.717, 1.165) is 6.07 Å². The number of benzene rings is 1. The Balaban J connectivity index is 2.53. The van der Waals surface area contributed by atoms with Crippen molar-refractivity contribution < 1.29 is 24.2 Å². The summed E-state index contributed by atoms with van der Waals surface area (Å²) in [6.07, 6.45) is -1.62. The summed E-state index contributed by atoms with van der Waals surface area (Å²) in [5.74, 6) is -2.35. The van der Waals surface area contributed by atoms with Crippen LogP contribution in [0.4, 0.5) is 4.39 Å². The zero-order chi connectivity index (χ0) is 13.7. The highest BCUT2D eigenvalue weighted by atomic mass is 19.1. The van der Waals surface area contributed by atoms with Gasteiger partial charge in [-0.15, -0.1) is 0 Å². The van der Waals surface area contributed by atoms with Crippen molar-refractivity contribution in [1.29, 1.82) is 0 Å². The topological polar surface area (TPSA) is 86.6 Å². The molecule has 0 bridgehead atoms. The SMILES string of the molecule is Cc1cc(F)cc(C(=O)NCC[C@H](O)C(=O)O)c1. The molecule has 0 saturated carbocycles. The predicted molar refractivity (Wildman–Crippen MR) is 61.7 cm³/mol. The van der Waals surface area contributed by atoms with Gasteiger partial charge in [-0.3, -0.25) is 4.79 Å². The molecule has 1 atom stereocenters. The Hall–Kier alpha value is -1.95. The van der Waals surface area contributed by atoms with Gasteiger partial charge in [0.2, 0.25) is 0 Å². The van der Waals surface area contributed by atoms with Crippen LogP contribution >= 0.6 is 0 Å². The molecule has 0 aromatic heterocycles. The van der Waals surface area contributed by atoms with Crippen LogP contribution in [0.15, 0.2) is 18.2 Å². The highest BCUT2D eigenvalue weighted by Gasteiger charge is 2.13. The zero-order valence-electron chi connectivity index (χ0n) is 9.81. The first-order chi connectivity index (χ1) is 8.40. The second-order valence-electron chi connectivity index (χ2n) is 3.92. The second-order valence-corrected chi connectivity index (χ2v) is 3.92. The molecule has 0 unspecified atom stereocenters. The Morgan fingerprint density at radius 3 is 2.61 bits per heavy atom. The number of carboxylic acids is 1. The molecule has 1 aromatic rings. The number of aliphatic hydroxyl groups excluding tert-OH is 1. The molecule has 0 heterocycles. The van der Waals surface area contributed by atoms with E-state index in [9.17, 15) is 14.0 Å². The standard InChI is InChI=1S/C12H14FNO4/c1-7-4-8(6-9(13)5-7)11(16)14-3-2-10(15)12(17)18/h4-6,10,15H,2-3H2,1H3,(H,14,16)(H,17,18)/t10-/m0/s1. The van der Waals surface area contributed by atoms with Crippen molar-refractivity contribution in [2.45, 2.75) is 19.4 Å². The molecule has 1 aromatic carbocycles. The van der Waals surface area contributed by atoms with Crippen LogP contribution in [-0.4, -0.2) is 34.7 Å². The van der Waals surface area contributed by atoms with Crippen molar-refractivity contribution >= 4 is 11.9 Å². The lowest BCUT2D eigenvalue weighted by atomic mass is 10.1. The fourth-order valence-corrected chi connectivity index (χ4v) is 1.42. The van der Waals surface area contributed by atoms with E-state index in [1.165, 1.54) is 12.1 Å². The van der Waals surface area contributed by atoms with Crippen molar-refractivity contribution in [3.05, 3.63) is 35.1 Å². The molecule has 98 valence electrons. The maximum absolute atomic E-state index is 13.0. The average Bonchev–Trinajstić information content (AvgIpc) is 2.27. The quantitative estimate of drug-likeness (QED) is 0.722. The van der Waals surface area contributed by atoms with Gasteiger partial charge < -0.3 is 15.5 Å². The summed E-state index contributed by atoms with van der Waals surface area (Å²) < 4.78 is 13.0. The molecule has 0 saturated heterocycles. The number of carbonyl (C=O) groups excluding carboxylic acids is 1. The van der Waals surface area contributed by atoms with Gasteiger partial charge in [-0.2, -0.15) is 0 Å². The van der Waals surface area contributed by atoms with Gasteiger partial charge in [-0.1, -0.05) is 0 Å². The van der Waals surface area contributed by atoms with Crippen LogP contribution in [0.3, 0.4) is 0 Å². The lowest BCUT2D eigenvalue weighted by Gasteiger charge is -2.08. The summed E-state index contributed by atoms with van der Waals surface area (Å²) in [6, 6.07) is 3.91. The van der Waals surface area contributed by atoms with Crippen LogP contribution in [0.2, 0.25) is 0 Å². The highest BCUT2D eigenvalue weighted by Crippen LogP contribution is 2.08. The Kier molecular flexibility index (Phi) is 4.79. The van der Waals surface area contributed by atoms with Gasteiger partial charge in [0.25, 0.3) is 5.91 Å². The van der Waals surface area contributed by atoms with Gasteiger partial charge in [0.15, 0.2) is 6.10 Å². The van der Waals surface area contributed by atoms with Crippen LogP contribution in [0.25, 0.3) is 0 Å². The van der Waals surface area contributed by atoms with Gasteiger partial charge >= 0.3 is 5.97 Å². The molecule has 0 fully saturated rings. The van der Waals surface area contributed by atoms with Crippen molar-refractivity contribution in [2.75, 3.05) is 6.54 Å². The first kappa shape index (κ1) is 14.1. The minimum absolute atomic E-state index is 0.00185. The number of aryl methyl sites for hydroxylation is 1. The van der Waals surface area contributed by atoms with E-state index < -0.39 is 23.8 Å². The van der Waals surface area contributed by atoms with Gasteiger partial charge in [0.1, 0.15) is 5.82 Å². The Labute approximate surface area is 103 Å². The molecule has 1 rings (SSSR count). The number of nitrogens with one attached hydrogen (secondary N) is 1. The van der Waals surface area contributed by atoms with E-state index in [1.54, 1.807) is 6.92 Å². The molecule has 0 aliphatic rings. The monoisotopic (exact) mass is 255 g/mol. The van der Waals surface area contributed by atoms with E-state index in [0.29, 0.717) is 5.56 Å². The van der Waals surface area contributed by atoms with Crippen LogP contribution in [-0.2, 0) is 4.79 Å². The van der Waals surface area contributed by atoms with Gasteiger partial charge in [0.05, 0.1) is 0 Å². The first-order valence-corrected chi connectivity index (χ1v) is 5.36. The molecule has 0 aliphatic heterocycles. The van der Waals surface area contributed by atoms with Crippen LogP contribution in [0.1, 0.15) is 22.3 Å². The molecule has 5 nitrogen and oxygen atoms in total. The maximum Gasteiger partial charge on any atom is 0.332 e. The normalized spacial score (nSPS) is 11.9. The lowest BCUT2D eigenvalue weighted by Crippen LogP contribution is -2.30. The lowest BCUT2D eigenvalue weighted by molar-refractivity contribution is -0.146. The van der Waals surface area contributed by atoms with Crippen molar-refractivity contribution in [1.82, 2.24) is 5.32 Å². The number of rotatable bonds is 5. The third-order valence-corrected chi connectivity index (χ3v) is 2.29. The third-order valence-electron chi connectivity index (χ3n) is 2.29. The molecule has 18 heavy (non-hydrogen) atoms. The van der Waals surface area contributed by atoms with Crippen LogP contribution in [0, 0.1) is 12.7 Å². The molecule has 0 spiro atoms. The molecular weight excluding hydrogens is 241 g/mol. The molecule has 0 radical (unpaired) electrons. The van der Waals surface area contributed by atoms with E-state index >= 15 is 0 Å². The third kappa shape index (κ3) is 4.14. The van der Waals surface area contributed by atoms with Gasteiger partial charge in [0, 0.05) is 18.5 Å². The summed E-state index contributed by atoms with van der Waals surface area (Å²) in [6.45, 7) is 1.66. The highest BCUT2D eigenvalue weighted by molar-refractivity contribution is 5.94. The van der Waals surface area contributed by atoms with E-state index in [2.05, 4.69) is 5.32 Å². The Morgan fingerprint density at radius 2 is 2.06 bits per heavy atom. The molecule has 6 heteroatoms. The van der Waals surface area contributed by atoms with Gasteiger partial charge in [-0.25, -0.2) is 9.18 Å². The number of halogens is 1. The van der Waals surface area contributed by atoms with E-state index in [-0.39, 0.29) is 18.5 Å². The average molecular weight is 255 g/mol. The molecular formula is C12H14FNO4. The zero-order valence-corrected chi connectivity index (χ0v) is 9.81. The van der Waals surface area contributed by atoms with Crippen LogP contribution < -0.4 is 5.32 Å². The summed E-state index contributed by atoms with van der Waals surface area (Å²) >= 11 is 0. The fraction of sp³-hybridized carbons (Fsp3) is 0.333. The Morgan fingerprint density at radius 1 is 1.39 bits per heavy atom. The fourth-order valence-electron chi connectivity index (χ4n) is 1.42. The Bertz CT molecular complexity index is 441. The summed E-state index contributed by atoms with van der Waals surface area (Å²) in [5.41, 5.74) is 0.781. The van der Waals surface area contributed by atoms with Crippen molar-refractivity contribution in [3.63, 3.8) is 0 Å². The minimum atomic E-state index is -1.51. The largest absolute Gasteiger partial charge is 0.479 e. The summed E-state index contributed by atoms with van der Waals surface area (Å²) in [4.78, 5) is 21.9. The number of amides is 1. The van der Waals surface area contributed by atoms with Crippen LogP contribution in [0.5, 0.6) is 0 Å². The second kappa shape index (κ2) is 6.11. The van der Waals surface area contributed by atoms with E-state index in [4.69, 9.17) is 10.2 Å².